The summed E-state index contributed by atoms with van der Waals surface area (Å²) in [5.41, 5.74) is 1.62. The first-order chi connectivity index (χ1) is 8.54. The second-order valence-corrected chi connectivity index (χ2v) is 4.69. The average Bonchev–Trinajstić information content (AvgIpc) is 2.34. The van der Waals surface area contributed by atoms with Crippen molar-refractivity contribution in [3.8, 4) is 0 Å². The van der Waals surface area contributed by atoms with Crippen LogP contribution in [-0.2, 0) is 0 Å². The largest absolute Gasteiger partial charge is 0.371 e. The molecule has 0 unspecified atom stereocenters. The molecule has 0 N–H and O–H groups in total. The van der Waals surface area contributed by atoms with Gasteiger partial charge in [0.15, 0.2) is 5.78 Å². The molecule has 0 aliphatic carbocycles. The SMILES string of the molecule is CCN(CCCN(C)C)c1ccc(C(C)=O)nc1. The number of rotatable bonds is 7. The minimum atomic E-state index is 0.0113. The molecule has 0 saturated heterocycles. The number of Topliss-reactive ketones (excluding diaryl/α,β-unsaturated/α-hetero) is 1. The Hall–Kier alpha value is -1.42. The van der Waals surface area contributed by atoms with Crippen LogP contribution >= 0.6 is 0 Å². The fraction of sp³-hybridized carbons (Fsp3) is 0.571. The maximum Gasteiger partial charge on any atom is 0.178 e. The summed E-state index contributed by atoms with van der Waals surface area (Å²) in [4.78, 5) is 19.8. The van der Waals surface area contributed by atoms with Crippen LogP contribution in [0, 0.1) is 0 Å². The quantitative estimate of drug-likeness (QED) is 0.693. The van der Waals surface area contributed by atoms with Gasteiger partial charge in [0.25, 0.3) is 0 Å². The van der Waals surface area contributed by atoms with Crippen molar-refractivity contribution >= 4 is 11.5 Å². The summed E-state index contributed by atoms with van der Waals surface area (Å²) in [6.45, 7) is 6.71. The lowest BCUT2D eigenvalue weighted by Gasteiger charge is -2.23. The van der Waals surface area contributed by atoms with Crippen LogP contribution < -0.4 is 4.90 Å². The van der Waals surface area contributed by atoms with Crippen molar-refractivity contribution in [1.29, 1.82) is 0 Å². The summed E-state index contributed by atoms with van der Waals surface area (Å²) in [7, 11) is 4.17. The maximum atomic E-state index is 11.2. The van der Waals surface area contributed by atoms with Crippen molar-refractivity contribution in [3.63, 3.8) is 0 Å². The van der Waals surface area contributed by atoms with Crippen molar-refractivity contribution in [2.45, 2.75) is 20.3 Å². The molecule has 4 nitrogen and oxygen atoms in total. The van der Waals surface area contributed by atoms with Crippen molar-refractivity contribution in [2.24, 2.45) is 0 Å². The van der Waals surface area contributed by atoms with Gasteiger partial charge in [0.05, 0.1) is 11.9 Å². The molecule has 0 amide bonds. The minimum absolute atomic E-state index is 0.0113. The molecule has 4 heteroatoms. The Morgan fingerprint density at radius 3 is 2.44 bits per heavy atom. The zero-order valence-corrected chi connectivity index (χ0v) is 11.8. The Bertz CT molecular complexity index is 373. The number of pyridine rings is 1. The molecule has 0 radical (unpaired) electrons. The number of ketones is 1. The molecule has 1 heterocycles. The third kappa shape index (κ3) is 4.45. The Kier molecular flexibility index (Phi) is 5.78. The molecule has 1 aromatic heterocycles. The van der Waals surface area contributed by atoms with E-state index in [1.165, 1.54) is 6.92 Å². The van der Waals surface area contributed by atoms with Gasteiger partial charge in [-0.1, -0.05) is 0 Å². The Morgan fingerprint density at radius 2 is 2.00 bits per heavy atom. The summed E-state index contributed by atoms with van der Waals surface area (Å²) in [6.07, 6.45) is 2.91. The first kappa shape index (κ1) is 14.6. The predicted molar refractivity (Wildman–Crippen MR) is 75.3 cm³/mol. The zero-order valence-electron chi connectivity index (χ0n) is 11.8. The lowest BCUT2D eigenvalue weighted by Crippen LogP contribution is -2.27. The maximum absolute atomic E-state index is 11.2. The number of hydrogen-bond acceptors (Lipinski definition) is 4. The monoisotopic (exact) mass is 249 g/mol. The van der Waals surface area contributed by atoms with Crippen LogP contribution in [0.2, 0.25) is 0 Å². The summed E-state index contributed by atoms with van der Waals surface area (Å²) in [5.74, 6) is 0.0113. The highest BCUT2D eigenvalue weighted by Crippen LogP contribution is 2.13. The van der Waals surface area contributed by atoms with E-state index in [-0.39, 0.29) is 5.78 Å². The van der Waals surface area contributed by atoms with Crippen molar-refractivity contribution in [2.75, 3.05) is 38.6 Å². The molecular weight excluding hydrogens is 226 g/mol. The molecule has 0 atom stereocenters. The normalized spacial score (nSPS) is 10.7. The number of nitrogens with zero attached hydrogens (tertiary/aromatic N) is 3. The van der Waals surface area contributed by atoms with Gasteiger partial charge in [-0.15, -0.1) is 0 Å². The van der Waals surface area contributed by atoms with E-state index in [4.69, 9.17) is 0 Å². The Balaban J connectivity index is 2.61. The highest BCUT2D eigenvalue weighted by Gasteiger charge is 2.06. The van der Waals surface area contributed by atoms with E-state index < -0.39 is 0 Å². The van der Waals surface area contributed by atoms with E-state index in [1.807, 2.05) is 6.07 Å². The summed E-state index contributed by atoms with van der Waals surface area (Å²) < 4.78 is 0. The number of hydrogen-bond donors (Lipinski definition) is 0. The van der Waals surface area contributed by atoms with Crippen LogP contribution in [0.25, 0.3) is 0 Å². The van der Waals surface area contributed by atoms with Crippen LogP contribution in [0.4, 0.5) is 5.69 Å². The molecule has 100 valence electrons. The molecular formula is C14H23N3O. The van der Waals surface area contributed by atoms with Gasteiger partial charge in [-0.3, -0.25) is 9.78 Å². The van der Waals surface area contributed by atoms with Gasteiger partial charge in [0.2, 0.25) is 0 Å². The van der Waals surface area contributed by atoms with E-state index in [0.717, 1.165) is 31.7 Å². The van der Waals surface area contributed by atoms with Crippen molar-refractivity contribution < 1.29 is 4.79 Å². The third-order valence-electron chi connectivity index (χ3n) is 2.89. The molecule has 0 spiro atoms. The highest BCUT2D eigenvalue weighted by atomic mass is 16.1. The number of aromatic nitrogens is 1. The van der Waals surface area contributed by atoms with E-state index >= 15 is 0 Å². The fourth-order valence-electron chi connectivity index (χ4n) is 1.83. The highest BCUT2D eigenvalue weighted by molar-refractivity contribution is 5.92. The van der Waals surface area contributed by atoms with E-state index in [1.54, 1.807) is 12.3 Å². The Morgan fingerprint density at radius 1 is 1.28 bits per heavy atom. The Labute approximate surface area is 110 Å². The fourth-order valence-corrected chi connectivity index (χ4v) is 1.83. The third-order valence-corrected chi connectivity index (χ3v) is 2.89. The molecule has 0 bridgehead atoms. The average molecular weight is 249 g/mol. The second-order valence-electron chi connectivity index (χ2n) is 4.69. The molecule has 1 rings (SSSR count). The van der Waals surface area contributed by atoms with Crippen molar-refractivity contribution in [1.82, 2.24) is 9.88 Å². The zero-order chi connectivity index (χ0) is 13.5. The number of carbonyl (C=O) groups is 1. The topological polar surface area (TPSA) is 36.4 Å². The molecule has 0 aliphatic rings. The van der Waals surface area contributed by atoms with E-state index in [2.05, 4.69) is 35.8 Å². The van der Waals surface area contributed by atoms with Crippen molar-refractivity contribution in [3.05, 3.63) is 24.0 Å². The van der Waals surface area contributed by atoms with Gasteiger partial charge in [-0.2, -0.15) is 0 Å². The van der Waals surface area contributed by atoms with E-state index in [9.17, 15) is 4.79 Å². The molecule has 0 aromatic carbocycles. The second kappa shape index (κ2) is 7.11. The molecule has 18 heavy (non-hydrogen) atoms. The van der Waals surface area contributed by atoms with Gasteiger partial charge in [0.1, 0.15) is 5.69 Å². The number of anilines is 1. The first-order valence-corrected chi connectivity index (χ1v) is 6.41. The van der Waals surface area contributed by atoms with Gasteiger partial charge < -0.3 is 9.80 Å². The number of carbonyl (C=O) groups excluding carboxylic acids is 1. The molecule has 0 saturated carbocycles. The van der Waals surface area contributed by atoms with Gasteiger partial charge in [-0.05, 0) is 46.1 Å². The summed E-state index contributed by atoms with van der Waals surface area (Å²) >= 11 is 0. The van der Waals surface area contributed by atoms with Crippen LogP contribution in [0.1, 0.15) is 30.8 Å². The first-order valence-electron chi connectivity index (χ1n) is 6.41. The van der Waals surface area contributed by atoms with Gasteiger partial charge >= 0.3 is 0 Å². The summed E-state index contributed by atoms with van der Waals surface area (Å²) in [6, 6.07) is 3.77. The standard InChI is InChI=1S/C14H23N3O/c1-5-17(10-6-9-16(3)4)13-7-8-14(12(2)18)15-11-13/h7-8,11H,5-6,9-10H2,1-4H3. The van der Waals surface area contributed by atoms with E-state index in [0.29, 0.717) is 5.69 Å². The lowest BCUT2D eigenvalue weighted by molar-refractivity contribution is 0.101. The minimum Gasteiger partial charge on any atom is -0.371 e. The molecule has 0 aliphatic heterocycles. The van der Waals surface area contributed by atoms with Gasteiger partial charge in [-0.25, -0.2) is 0 Å². The predicted octanol–water partition coefficient (Wildman–Crippen LogP) is 2.06. The van der Waals surface area contributed by atoms with Crippen LogP contribution in [0.15, 0.2) is 18.3 Å². The van der Waals surface area contributed by atoms with Crippen LogP contribution in [0.3, 0.4) is 0 Å². The van der Waals surface area contributed by atoms with Crippen LogP contribution in [0.5, 0.6) is 0 Å². The van der Waals surface area contributed by atoms with Crippen LogP contribution in [-0.4, -0.2) is 49.4 Å². The molecule has 0 fully saturated rings. The lowest BCUT2D eigenvalue weighted by atomic mass is 10.2. The van der Waals surface area contributed by atoms with Gasteiger partial charge in [0, 0.05) is 20.0 Å². The smallest absolute Gasteiger partial charge is 0.178 e. The summed E-state index contributed by atoms with van der Waals surface area (Å²) in [5, 5.41) is 0. The molecule has 1 aromatic rings.